The number of hydrogen-bond donors (Lipinski definition) is 3. The molecular weight excluding hydrogens is 332 g/mol. The molecule has 5 nitrogen and oxygen atoms in total. The monoisotopic (exact) mass is 350 g/mol. The number of halogens is 1. The molecule has 0 saturated heterocycles. The van der Waals surface area contributed by atoms with Crippen LogP contribution in [0.4, 0.5) is 5.69 Å². The summed E-state index contributed by atoms with van der Waals surface area (Å²) in [7, 11) is 0. The second-order valence-electron chi connectivity index (χ2n) is 4.93. The summed E-state index contributed by atoms with van der Waals surface area (Å²) in [6.07, 6.45) is 1.73. The van der Waals surface area contributed by atoms with Gasteiger partial charge in [0.2, 0.25) is 0 Å². The van der Waals surface area contributed by atoms with Gasteiger partial charge in [-0.25, -0.2) is 0 Å². The number of anilines is 1. The van der Waals surface area contributed by atoms with E-state index < -0.39 is 0 Å². The highest BCUT2D eigenvalue weighted by molar-refractivity contribution is 9.10. The van der Waals surface area contributed by atoms with E-state index in [1.54, 1.807) is 0 Å². The molecule has 0 bridgehead atoms. The number of nitrogens with one attached hydrogen (secondary N) is 2. The van der Waals surface area contributed by atoms with E-state index in [4.69, 9.17) is 5.73 Å². The second-order valence-corrected chi connectivity index (χ2v) is 5.79. The Bertz CT molecular complexity index is 638. The van der Waals surface area contributed by atoms with Crippen molar-refractivity contribution in [1.29, 1.82) is 0 Å². The minimum atomic E-state index is -0.269. The molecule has 1 atom stereocenters. The van der Waals surface area contributed by atoms with Gasteiger partial charge in [0.15, 0.2) is 5.69 Å². The molecule has 0 aliphatic carbocycles. The lowest BCUT2D eigenvalue weighted by molar-refractivity contribution is 0.0935. The third-order valence-corrected chi connectivity index (χ3v) is 4.04. The SMILES string of the molecule is CCCc1[nH]nc(C(=O)NC(C)c2ccccc2Br)c1N. The number of H-pyrrole nitrogens is 1. The lowest BCUT2D eigenvalue weighted by Crippen LogP contribution is -2.27. The Kier molecular flexibility index (Phi) is 5.01. The number of hydrogen-bond acceptors (Lipinski definition) is 3. The van der Waals surface area contributed by atoms with Crippen molar-refractivity contribution in [2.24, 2.45) is 0 Å². The van der Waals surface area contributed by atoms with Crippen molar-refractivity contribution in [3.05, 3.63) is 45.7 Å². The van der Waals surface area contributed by atoms with Gasteiger partial charge in [-0.05, 0) is 25.0 Å². The predicted octanol–water partition coefficient (Wildman–Crippen LogP) is 3.20. The van der Waals surface area contributed by atoms with Gasteiger partial charge in [-0.15, -0.1) is 0 Å². The maximum Gasteiger partial charge on any atom is 0.274 e. The number of nitrogens with zero attached hydrogens (tertiary/aromatic N) is 1. The van der Waals surface area contributed by atoms with Gasteiger partial charge < -0.3 is 11.1 Å². The van der Waals surface area contributed by atoms with Gasteiger partial charge in [0.05, 0.1) is 17.4 Å². The van der Waals surface area contributed by atoms with Crippen LogP contribution in [0.3, 0.4) is 0 Å². The lowest BCUT2D eigenvalue weighted by atomic mass is 10.1. The molecule has 2 rings (SSSR count). The number of aromatic nitrogens is 2. The summed E-state index contributed by atoms with van der Waals surface area (Å²) in [4.78, 5) is 12.3. The molecule has 4 N–H and O–H groups in total. The number of aryl methyl sites for hydroxylation is 1. The van der Waals surface area contributed by atoms with E-state index in [9.17, 15) is 4.79 Å². The van der Waals surface area contributed by atoms with Gasteiger partial charge in [0.1, 0.15) is 0 Å². The van der Waals surface area contributed by atoms with E-state index in [1.165, 1.54) is 0 Å². The Hall–Kier alpha value is -1.82. The van der Waals surface area contributed by atoms with E-state index in [0.29, 0.717) is 5.69 Å². The first-order valence-electron chi connectivity index (χ1n) is 6.92. The van der Waals surface area contributed by atoms with Gasteiger partial charge in [0.25, 0.3) is 5.91 Å². The first-order valence-corrected chi connectivity index (χ1v) is 7.71. The third kappa shape index (κ3) is 3.44. The van der Waals surface area contributed by atoms with Crippen molar-refractivity contribution in [3.8, 4) is 0 Å². The van der Waals surface area contributed by atoms with Crippen LogP contribution in [0.1, 0.15) is 48.1 Å². The molecule has 0 saturated carbocycles. The van der Waals surface area contributed by atoms with Crippen LogP contribution in [0.15, 0.2) is 28.7 Å². The molecular formula is C15H19BrN4O. The average Bonchev–Trinajstić information content (AvgIpc) is 2.81. The topological polar surface area (TPSA) is 83.8 Å². The highest BCUT2D eigenvalue weighted by atomic mass is 79.9. The van der Waals surface area contributed by atoms with Crippen LogP contribution in [0.5, 0.6) is 0 Å². The van der Waals surface area contributed by atoms with Crippen LogP contribution >= 0.6 is 15.9 Å². The molecule has 1 aromatic carbocycles. The van der Waals surface area contributed by atoms with Crippen molar-refractivity contribution in [1.82, 2.24) is 15.5 Å². The summed E-state index contributed by atoms with van der Waals surface area (Å²) < 4.78 is 0.958. The molecule has 1 amide bonds. The van der Waals surface area contributed by atoms with E-state index >= 15 is 0 Å². The zero-order valence-electron chi connectivity index (χ0n) is 12.1. The molecule has 1 aromatic heterocycles. The van der Waals surface area contributed by atoms with Crippen LogP contribution in [0.2, 0.25) is 0 Å². The van der Waals surface area contributed by atoms with Gasteiger partial charge >= 0.3 is 0 Å². The number of carbonyl (C=O) groups is 1. The Morgan fingerprint density at radius 1 is 1.48 bits per heavy atom. The van der Waals surface area contributed by atoms with Crippen molar-refractivity contribution in [3.63, 3.8) is 0 Å². The molecule has 21 heavy (non-hydrogen) atoms. The van der Waals surface area contributed by atoms with Crippen LogP contribution in [-0.2, 0) is 6.42 Å². The highest BCUT2D eigenvalue weighted by Gasteiger charge is 2.19. The lowest BCUT2D eigenvalue weighted by Gasteiger charge is -2.15. The standard InChI is InChI=1S/C15H19BrN4O/c1-3-6-12-13(17)14(20-19-12)15(21)18-9(2)10-7-4-5-8-11(10)16/h4-5,7-9H,3,6,17H2,1-2H3,(H,18,21)(H,19,20). The highest BCUT2D eigenvalue weighted by Crippen LogP contribution is 2.23. The van der Waals surface area contributed by atoms with Gasteiger partial charge in [0, 0.05) is 4.47 Å². The van der Waals surface area contributed by atoms with E-state index in [-0.39, 0.29) is 17.6 Å². The van der Waals surface area contributed by atoms with E-state index in [0.717, 1.165) is 28.6 Å². The van der Waals surface area contributed by atoms with Crippen molar-refractivity contribution in [2.45, 2.75) is 32.7 Å². The number of nitrogens with two attached hydrogens (primary N) is 1. The van der Waals surface area contributed by atoms with Gasteiger partial charge in [-0.3, -0.25) is 9.89 Å². The summed E-state index contributed by atoms with van der Waals surface area (Å²) in [5, 5.41) is 9.78. The van der Waals surface area contributed by atoms with Crippen LogP contribution in [-0.4, -0.2) is 16.1 Å². The summed E-state index contributed by atoms with van der Waals surface area (Å²) >= 11 is 3.48. The van der Waals surface area contributed by atoms with Crippen LogP contribution in [0.25, 0.3) is 0 Å². The summed E-state index contributed by atoms with van der Waals surface area (Å²) in [5.41, 5.74) is 8.49. The zero-order chi connectivity index (χ0) is 15.4. The van der Waals surface area contributed by atoms with Crippen molar-refractivity contribution in [2.75, 3.05) is 5.73 Å². The molecule has 1 heterocycles. The number of benzene rings is 1. The fraction of sp³-hybridized carbons (Fsp3) is 0.333. The molecule has 6 heteroatoms. The molecule has 0 radical (unpaired) electrons. The summed E-state index contributed by atoms with van der Waals surface area (Å²) in [6.45, 7) is 3.98. The predicted molar refractivity (Wildman–Crippen MR) is 87.0 cm³/mol. The number of aromatic amines is 1. The molecule has 2 aromatic rings. The fourth-order valence-corrected chi connectivity index (χ4v) is 2.80. The number of carbonyl (C=O) groups excluding carboxylic acids is 1. The molecule has 0 spiro atoms. The smallest absolute Gasteiger partial charge is 0.274 e. The normalized spacial score (nSPS) is 12.1. The van der Waals surface area contributed by atoms with Gasteiger partial charge in [-0.1, -0.05) is 47.5 Å². The molecule has 0 fully saturated rings. The fourth-order valence-electron chi connectivity index (χ4n) is 2.17. The van der Waals surface area contributed by atoms with Gasteiger partial charge in [-0.2, -0.15) is 5.10 Å². The molecule has 1 unspecified atom stereocenters. The van der Waals surface area contributed by atoms with Crippen LogP contribution < -0.4 is 11.1 Å². The number of amides is 1. The quantitative estimate of drug-likeness (QED) is 0.774. The molecule has 0 aliphatic heterocycles. The Morgan fingerprint density at radius 3 is 2.86 bits per heavy atom. The number of nitrogen functional groups attached to an aromatic ring is 1. The Morgan fingerprint density at radius 2 is 2.19 bits per heavy atom. The first kappa shape index (κ1) is 15.6. The maximum absolute atomic E-state index is 12.3. The minimum Gasteiger partial charge on any atom is -0.395 e. The van der Waals surface area contributed by atoms with Crippen molar-refractivity contribution < 1.29 is 4.79 Å². The summed E-state index contributed by atoms with van der Waals surface area (Å²) in [6, 6.07) is 7.64. The zero-order valence-corrected chi connectivity index (χ0v) is 13.7. The minimum absolute atomic E-state index is 0.140. The van der Waals surface area contributed by atoms with Crippen molar-refractivity contribution >= 4 is 27.5 Å². The number of rotatable bonds is 5. The largest absolute Gasteiger partial charge is 0.395 e. The Labute approximate surface area is 132 Å². The van der Waals surface area contributed by atoms with E-state index in [2.05, 4.69) is 38.4 Å². The maximum atomic E-state index is 12.3. The first-order chi connectivity index (χ1) is 10.0. The summed E-state index contributed by atoms with van der Waals surface area (Å²) in [5.74, 6) is -0.269. The molecule has 112 valence electrons. The second kappa shape index (κ2) is 6.76. The van der Waals surface area contributed by atoms with Crippen LogP contribution in [0, 0.1) is 0 Å². The third-order valence-electron chi connectivity index (χ3n) is 3.32. The average molecular weight is 351 g/mol. The molecule has 0 aliphatic rings. The van der Waals surface area contributed by atoms with E-state index in [1.807, 2.05) is 31.2 Å². The Balaban J connectivity index is 2.13.